The summed E-state index contributed by atoms with van der Waals surface area (Å²) >= 11 is 5.98. The second-order valence-corrected chi connectivity index (χ2v) is 6.85. The van der Waals surface area contributed by atoms with Crippen LogP contribution in [0.4, 0.5) is 0 Å². The number of nitrogens with one attached hydrogen (secondary N) is 1. The van der Waals surface area contributed by atoms with Crippen molar-refractivity contribution < 1.29 is 12.8 Å². The summed E-state index contributed by atoms with van der Waals surface area (Å²) in [5, 5.41) is 0.558. The van der Waals surface area contributed by atoms with Crippen molar-refractivity contribution in [3.8, 4) is 0 Å². The Bertz CT molecular complexity index is 735. The van der Waals surface area contributed by atoms with Crippen LogP contribution in [0.15, 0.2) is 33.6 Å². The fourth-order valence-corrected chi connectivity index (χ4v) is 3.39. The SMILES string of the molecule is Cc1ccc(CNS(=O)(=O)c2cc(C)c(Cl)cc2C)o1. The molecule has 4 nitrogen and oxygen atoms in total. The third-order valence-corrected chi connectivity index (χ3v) is 4.93. The van der Waals surface area contributed by atoms with E-state index in [1.54, 1.807) is 38.1 Å². The van der Waals surface area contributed by atoms with Gasteiger partial charge in [0.25, 0.3) is 0 Å². The molecule has 1 heterocycles. The minimum Gasteiger partial charge on any atom is -0.465 e. The van der Waals surface area contributed by atoms with Crippen LogP contribution in [0.1, 0.15) is 22.6 Å². The normalized spacial score (nSPS) is 11.8. The first-order valence-corrected chi connectivity index (χ1v) is 7.97. The van der Waals surface area contributed by atoms with Crippen LogP contribution in [0.25, 0.3) is 0 Å². The molecule has 0 spiro atoms. The third kappa shape index (κ3) is 3.23. The van der Waals surface area contributed by atoms with E-state index >= 15 is 0 Å². The summed E-state index contributed by atoms with van der Waals surface area (Å²) in [6, 6.07) is 6.77. The van der Waals surface area contributed by atoms with Crippen molar-refractivity contribution in [3.05, 3.63) is 51.9 Å². The lowest BCUT2D eigenvalue weighted by Crippen LogP contribution is -2.24. The minimum absolute atomic E-state index is 0.122. The smallest absolute Gasteiger partial charge is 0.241 e. The van der Waals surface area contributed by atoms with Gasteiger partial charge < -0.3 is 4.42 Å². The monoisotopic (exact) mass is 313 g/mol. The summed E-state index contributed by atoms with van der Waals surface area (Å²) in [5.74, 6) is 1.33. The number of sulfonamides is 1. The largest absolute Gasteiger partial charge is 0.465 e. The number of benzene rings is 1. The summed E-state index contributed by atoms with van der Waals surface area (Å²) in [7, 11) is -3.59. The summed E-state index contributed by atoms with van der Waals surface area (Å²) in [4.78, 5) is 0.239. The van der Waals surface area contributed by atoms with E-state index in [-0.39, 0.29) is 11.4 Å². The molecule has 0 aliphatic carbocycles. The molecule has 1 N–H and O–H groups in total. The van der Waals surface area contributed by atoms with Gasteiger partial charge in [-0.15, -0.1) is 0 Å². The van der Waals surface area contributed by atoms with Gasteiger partial charge in [-0.3, -0.25) is 0 Å². The van der Waals surface area contributed by atoms with Crippen molar-refractivity contribution in [2.45, 2.75) is 32.2 Å². The summed E-state index contributed by atoms with van der Waals surface area (Å²) in [5.41, 5.74) is 1.34. The molecule has 1 aromatic carbocycles. The molecule has 0 unspecified atom stereocenters. The Labute approximate surface area is 123 Å². The molecule has 0 aliphatic rings. The Hall–Kier alpha value is -1.30. The quantitative estimate of drug-likeness (QED) is 0.941. The highest BCUT2D eigenvalue weighted by Gasteiger charge is 2.18. The van der Waals surface area contributed by atoms with Crippen LogP contribution in [0.5, 0.6) is 0 Å². The summed E-state index contributed by atoms with van der Waals surface area (Å²) in [6.45, 7) is 5.43. The van der Waals surface area contributed by atoms with Crippen LogP contribution in [-0.2, 0) is 16.6 Å². The first kappa shape index (κ1) is 15.1. The number of furan rings is 1. The Kier molecular flexibility index (Phi) is 4.22. The number of hydrogen-bond donors (Lipinski definition) is 1. The van der Waals surface area contributed by atoms with E-state index in [9.17, 15) is 8.42 Å². The van der Waals surface area contributed by atoms with Crippen LogP contribution in [0.3, 0.4) is 0 Å². The second-order valence-electron chi connectivity index (χ2n) is 4.70. The number of hydrogen-bond acceptors (Lipinski definition) is 3. The van der Waals surface area contributed by atoms with Gasteiger partial charge in [-0.05, 0) is 56.2 Å². The van der Waals surface area contributed by atoms with Crippen molar-refractivity contribution in [2.75, 3.05) is 0 Å². The van der Waals surface area contributed by atoms with Gasteiger partial charge >= 0.3 is 0 Å². The van der Waals surface area contributed by atoms with Gasteiger partial charge in [-0.2, -0.15) is 0 Å². The van der Waals surface area contributed by atoms with Crippen molar-refractivity contribution in [1.82, 2.24) is 4.72 Å². The van der Waals surface area contributed by atoms with Gasteiger partial charge in [-0.1, -0.05) is 11.6 Å². The van der Waals surface area contributed by atoms with Crippen molar-refractivity contribution in [2.24, 2.45) is 0 Å². The first-order chi connectivity index (χ1) is 9.29. The zero-order valence-electron chi connectivity index (χ0n) is 11.5. The van der Waals surface area contributed by atoms with Crippen LogP contribution < -0.4 is 4.72 Å². The predicted molar refractivity (Wildman–Crippen MR) is 78.4 cm³/mol. The van der Waals surface area contributed by atoms with Crippen LogP contribution in [-0.4, -0.2) is 8.42 Å². The third-order valence-electron chi connectivity index (χ3n) is 2.98. The Morgan fingerprint density at radius 1 is 1.15 bits per heavy atom. The molecule has 0 radical (unpaired) electrons. The number of aryl methyl sites for hydroxylation is 3. The molecular weight excluding hydrogens is 298 g/mol. The first-order valence-electron chi connectivity index (χ1n) is 6.11. The van der Waals surface area contributed by atoms with E-state index in [0.29, 0.717) is 16.3 Å². The van der Waals surface area contributed by atoms with E-state index < -0.39 is 10.0 Å². The highest BCUT2D eigenvalue weighted by atomic mass is 35.5. The van der Waals surface area contributed by atoms with Crippen LogP contribution in [0.2, 0.25) is 5.02 Å². The molecule has 0 saturated heterocycles. The average molecular weight is 314 g/mol. The molecule has 2 aromatic rings. The highest BCUT2D eigenvalue weighted by molar-refractivity contribution is 7.89. The predicted octanol–water partition coefficient (Wildman–Crippen LogP) is 3.34. The molecule has 20 heavy (non-hydrogen) atoms. The average Bonchev–Trinajstić information content (AvgIpc) is 2.77. The maximum absolute atomic E-state index is 12.3. The topological polar surface area (TPSA) is 59.3 Å². The molecule has 6 heteroatoms. The zero-order chi connectivity index (χ0) is 14.9. The van der Waals surface area contributed by atoms with Crippen molar-refractivity contribution in [3.63, 3.8) is 0 Å². The molecule has 0 atom stereocenters. The lowest BCUT2D eigenvalue weighted by Gasteiger charge is -2.10. The standard InChI is InChI=1S/C14H16ClNO3S/c1-9-7-14(10(2)6-13(9)15)20(17,18)16-8-12-5-4-11(3)19-12/h4-7,16H,8H2,1-3H3. The molecule has 0 amide bonds. The molecule has 108 valence electrons. The van der Waals surface area contributed by atoms with Gasteiger partial charge in [0.15, 0.2) is 0 Å². The molecule has 2 rings (SSSR count). The second kappa shape index (κ2) is 5.60. The number of rotatable bonds is 4. The molecule has 1 aromatic heterocycles. The molecule has 0 aliphatic heterocycles. The van der Waals surface area contributed by atoms with E-state index in [2.05, 4.69) is 4.72 Å². The maximum atomic E-state index is 12.3. The highest BCUT2D eigenvalue weighted by Crippen LogP contribution is 2.24. The van der Waals surface area contributed by atoms with Gasteiger partial charge in [-0.25, -0.2) is 13.1 Å². The zero-order valence-corrected chi connectivity index (χ0v) is 13.1. The van der Waals surface area contributed by atoms with Gasteiger partial charge in [0.1, 0.15) is 11.5 Å². The van der Waals surface area contributed by atoms with E-state index in [1.807, 2.05) is 6.92 Å². The number of halogens is 1. The minimum atomic E-state index is -3.59. The molecular formula is C14H16ClNO3S. The van der Waals surface area contributed by atoms with E-state index in [4.69, 9.17) is 16.0 Å². The van der Waals surface area contributed by atoms with Crippen LogP contribution in [0, 0.1) is 20.8 Å². The molecule has 0 bridgehead atoms. The molecule has 0 fully saturated rings. The fourth-order valence-electron chi connectivity index (χ4n) is 1.87. The van der Waals surface area contributed by atoms with E-state index in [0.717, 1.165) is 11.3 Å². The maximum Gasteiger partial charge on any atom is 0.241 e. The van der Waals surface area contributed by atoms with Crippen molar-refractivity contribution >= 4 is 21.6 Å². The van der Waals surface area contributed by atoms with Gasteiger partial charge in [0.2, 0.25) is 10.0 Å². The summed E-state index contributed by atoms with van der Waals surface area (Å²) in [6.07, 6.45) is 0. The van der Waals surface area contributed by atoms with Gasteiger partial charge in [0.05, 0.1) is 11.4 Å². The van der Waals surface area contributed by atoms with E-state index in [1.165, 1.54) is 0 Å². The Morgan fingerprint density at radius 2 is 1.85 bits per heavy atom. The fraction of sp³-hybridized carbons (Fsp3) is 0.286. The summed E-state index contributed by atoms with van der Waals surface area (Å²) < 4.78 is 32.5. The lowest BCUT2D eigenvalue weighted by molar-refractivity contribution is 0.475. The van der Waals surface area contributed by atoms with Crippen molar-refractivity contribution in [1.29, 1.82) is 0 Å². The Balaban J connectivity index is 2.24. The Morgan fingerprint density at radius 3 is 2.45 bits per heavy atom. The van der Waals surface area contributed by atoms with Crippen LogP contribution >= 0.6 is 11.6 Å². The molecule has 0 saturated carbocycles. The lowest BCUT2D eigenvalue weighted by atomic mass is 10.2. The van der Waals surface area contributed by atoms with Gasteiger partial charge in [0, 0.05) is 5.02 Å².